The molecule has 2 rings (SSSR count). The highest BCUT2D eigenvalue weighted by Gasteiger charge is 2.25. The monoisotopic (exact) mass is 540 g/mol. The number of benzene rings is 2. The number of rotatable bonds is 12. The van der Waals surface area contributed by atoms with E-state index in [1.165, 1.54) is 55.5 Å². The van der Waals surface area contributed by atoms with Crippen molar-refractivity contribution in [1.29, 1.82) is 5.41 Å². The first kappa shape index (κ1) is 30.7. The fourth-order valence-electron chi connectivity index (χ4n) is 3.41. The Bertz CT molecular complexity index is 1210. The van der Waals surface area contributed by atoms with Crippen molar-refractivity contribution in [2.45, 2.75) is 46.1 Å². The van der Waals surface area contributed by atoms with Gasteiger partial charge in [0.15, 0.2) is 18.2 Å². The van der Waals surface area contributed by atoms with E-state index < -0.39 is 36.2 Å². The van der Waals surface area contributed by atoms with Crippen molar-refractivity contribution >= 4 is 35.4 Å². The molecule has 1 amide bonds. The SMILES string of the molecule is CC(=O)OCCC(CC(=O)c1ccc(C(=N)NC(=O)OC(C)(C)C)cc1)C(=O)c1ccc(OCC(=O)O)cc1. The highest BCUT2D eigenvalue weighted by molar-refractivity contribution is 6.06. The highest BCUT2D eigenvalue weighted by Crippen LogP contribution is 2.22. The van der Waals surface area contributed by atoms with Gasteiger partial charge in [0, 0.05) is 36.0 Å². The normalized spacial score (nSPS) is 11.6. The molecule has 0 bridgehead atoms. The molecule has 11 heteroatoms. The second-order valence-electron chi connectivity index (χ2n) is 9.60. The topological polar surface area (TPSA) is 169 Å². The van der Waals surface area contributed by atoms with E-state index >= 15 is 0 Å². The van der Waals surface area contributed by atoms with E-state index in [0.29, 0.717) is 11.1 Å². The fraction of sp³-hybridized carbons (Fsp3) is 0.357. The largest absolute Gasteiger partial charge is 0.482 e. The minimum absolute atomic E-state index is 0.0503. The average Bonchev–Trinajstić information content (AvgIpc) is 2.85. The molecule has 208 valence electrons. The molecule has 2 aromatic carbocycles. The molecule has 0 radical (unpaired) electrons. The second-order valence-corrected chi connectivity index (χ2v) is 9.60. The molecule has 0 saturated heterocycles. The molecule has 0 aliphatic rings. The molecule has 11 nitrogen and oxygen atoms in total. The van der Waals surface area contributed by atoms with Gasteiger partial charge < -0.3 is 19.3 Å². The van der Waals surface area contributed by atoms with Crippen molar-refractivity contribution in [2.75, 3.05) is 13.2 Å². The van der Waals surface area contributed by atoms with E-state index in [4.69, 9.17) is 24.7 Å². The molecule has 0 spiro atoms. The van der Waals surface area contributed by atoms with Gasteiger partial charge in [0.05, 0.1) is 6.61 Å². The molecular weight excluding hydrogens is 508 g/mol. The number of amides is 1. The van der Waals surface area contributed by atoms with E-state index in [1.54, 1.807) is 20.8 Å². The van der Waals surface area contributed by atoms with Crippen LogP contribution in [0.25, 0.3) is 0 Å². The Morgan fingerprint density at radius 3 is 2.03 bits per heavy atom. The summed E-state index contributed by atoms with van der Waals surface area (Å²) in [6.45, 7) is 5.77. The van der Waals surface area contributed by atoms with Crippen molar-refractivity contribution < 1.29 is 43.3 Å². The van der Waals surface area contributed by atoms with Crippen molar-refractivity contribution in [2.24, 2.45) is 5.92 Å². The third-order valence-corrected chi connectivity index (χ3v) is 5.20. The van der Waals surface area contributed by atoms with Gasteiger partial charge >= 0.3 is 18.0 Å². The maximum atomic E-state index is 13.2. The first-order valence-corrected chi connectivity index (χ1v) is 12.1. The maximum absolute atomic E-state index is 13.2. The van der Waals surface area contributed by atoms with Gasteiger partial charge in [-0.1, -0.05) is 24.3 Å². The Hall–Kier alpha value is -4.54. The zero-order valence-corrected chi connectivity index (χ0v) is 22.2. The highest BCUT2D eigenvalue weighted by atomic mass is 16.6. The summed E-state index contributed by atoms with van der Waals surface area (Å²) in [4.78, 5) is 60.0. The number of Topliss-reactive ketones (excluding diaryl/α,β-unsaturated/α-hetero) is 2. The lowest BCUT2D eigenvalue weighted by molar-refractivity contribution is -0.141. The minimum atomic E-state index is -1.14. The lowest BCUT2D eigenvalue weighted by Crippen LogP contribution is -2.36. The van der Waals surface area contributed by atoms with Gasteiger partial charge in [-0.05, 0) is 51.5 Å². The zero-order chi connectivity index (χ0) is 29.2. The fourth-order valence-corrected chi connectivity index (χ4v) is 3.41. The molecule has 0 fully saturated rings. The minimum Gasteiger partial charge on any atom is -0.482 e. The molecule has 0 saturated carbocycles. The van der Waals surface area contributed by atoms with Crippen molar-refractivity contribution in [3.05, 3.63) is 65.2 Å². The number of ketones is 2. The van der Waals surface area contributed by atoms with Crippen LogP contribution in [0.15, 0.2) is 48.5 Å². The van der Waals surface area contributed by atoms with Crippen LogP contribution in [0, 0.1) is 11.3 Å². The molecule has 2 aromatic rings. The van der Waals surface area contributed by atoms with E-state index in [1.807, 2.05) is 0 Å². The van der Waals surface area contributed by atoms with Crippen molar-refractivity contribution in [3.8, 4) is 5.75 Å². The zero-order valence-electron chi connectivity index (χ0n) is 22.2. The summed E-state index contributed by atoms with van der Waals surface area (Å²) in [5.41, 5.74) is 0.215. The Kier molecular flexibility index (Phi) is 10.9. The summed E-state index contributed by atoms with van der Waals surface area (Å²) < 4.78 is 15.2. The number of carbonyl (C=O) groups excluding carboxylic acids is 4. The van der Waals surface area contributed by atoms with E-state index in [0.717, 1.165) is 0 Å². The Labute approximate surface area is 226 Å². The van der Waals surface area contributed by atoms with E-state index in [2.05, 4.69) is 5.32 Å². The molecule has 1 atom stereocenters. The number of amidine groups is 1. The number of carboxylic acids is 1. The van der Waals surface area contributed by atoms with Crippen LogP contribution in [0.1, 0.15) is 66.8 Å². The third kappa shape index (κ3) is 10.8. The standard InChI is InChI=1S/C28H32N2O9/c1-17(31)37-14-13-21(25(35)19-9-11-22(12-10-19)38-16-24(33)34)15-23(32)18-5-7-20(8-6-18)26(29)30-27(36)39-28(2,3)4/h5-12,21H,13-16H2,1-4H3,(H,33,34)(H2,29,30,36). The Balaban J connectivity index is 2.11. The van der Waals surface area contributed by atoms with Crippen molar-refractivity contribution in [3.63, 3.8) is 0 Å². The van der Waals surface area contributed by atoms with E-state index in [9.17, 15) is 24.0 Å². The molecule has 0 aliphatic carbocycles. The molecule has 0 aliphatic heterocycles. The quantitative estimate of drug-likeness (QED) is 0.156. The van der Waals surface area contributed by atoms with Gasteiger partial charge in [0.2, 0.25) is 0 Å². The predicted octanol–water partition coefficient (Wildman–Crippen LogP) is 4.03. The molecule has 1 unspecified atom stereocenters. The van der Waals surface area contributed by atoms with E-state index in [-0.39, 0.29) is 48.2 Å². The average molecular weight is 541 g/mol. The van der Waals surface area contributed by atoms with Gasteiger partial charge in [-0.25, -0.2) is 9.59 Å². The van der Waals surface area contributed by atoms with Gasteiger partial charge in [0.25, 0.3) is 0 Å². The number of esters is 1. The lowest BCUT2D eigenvalue weighted by atomic mass is 9.88. The number of nitrogens with one attached hydrogen (secondary N) is 2. The number of aliphatic carboxylic acids is 1. The van der Waals surface area contributed by atoms with Crippen molar-refractivity contribution in [1.82, 2.24) is 5.32 Å². The molecule has 3 N–H and O–H groups in total. The molecule has 0 heterocycles. The second kappa shape index (κ2) is 13.8. The van der Waals surface area contributed by atoms with Gasteiger partial charge in [-0.2, -0.15) is 0 Å². The van der Waals surface area contributed by atoms with Gasteiger partial charge in [-0.3, -0.25) is 25.1 Å². The van der Waals surface area contributed by atoms with Crippen LogP contribution in [-0.4, -0.2) is 59.4 Å². The number of hydrogen-bond acceptors (Lipinski definition) is 9. The van der Waals surface area contributed by atoms with Gasteiger partial charge in [0.1, 0.15) is 17.2 Å². The van der Waals surface area contributed by atoms with Crippen LogP contribution in [-0.2, 0) is 19.1 Å². The summed E-state index contributed by atoms with van der Waals surface area (Å²) in [6.07, 6.45) is -0.822. The summed E-state index contributed by atoms with van der Waals surface area (Å²) >= 11 is 0. The van der Waals surface area contributed by atoms with Crippen LogP contribution < -0.4 is 10.1 Å². The third-order valence-electron chi connectivity index (χ3n) is 5.20. The van der Waals surface area contributed by atoms with Crippen LogP contribution in [0.3, 0.4) is 0 Å². The van der Waals surface area contributed by atoms with Crippen LogP contribution in [0.2, 0.25) is 0 Å². The molecular formula is C28H32N2O9. The van der Waals surface area contributed by atoms with Gasteiger partial charge in [-0.15, -0.1) is 0 Å². The number of hydrogen-bond donors (Lipinski definition) is 3. The Morgan fingerprint density at radius 2 is 1.49 bits per heavy atom. The number of alkyl carbamates (subject to hydrolysis) is 1. The predicted molar refractivity (Wildman–Crippen MR) is 140 cm³/mol. The summed E-state index contributed by atoms with van der Waals surface area (Å²) in [5, 5.41) is 19.1. The lowest BCUT2D eigenvalue weighted by Gasteiger charge is -2.19. The smallest absolute Gasteiger partial charge is 0.413 e. The maximum Gasteiger partial charge on any atom is 0.413 e. The summed E-state index contributed by atoms with van der Waals surface area (Å²) in [6, 6.07) is 11.8. The number of ether oxygens (including phenoxy) is 3. The first-order valence-electron chi connectivity index (χ1n) is 12.1. The molecule has 0 aromatic heterocycles. The number of carboxylic acid groups (broad SMARTS) is 1. The van der Waals surface area contributed by atoms with Crippen LogP contribution in [0.5, 0.6) is 5.75 Å². The molecule has 39 heavy (non-hydrogen) atoms. The Morgan fingerprint density at radius 1 is 0.923 bits per heavy atom. The van der Waals surface area contributed by atoms with Crippen LogP contribution in [0.4, 0.5) is 4.79 Å². The first-order chi connectivity index (χ1) is 18.2. The number of carbonyl (C=O) groups is 5. The summed E-state index contributed by atoms with van der Waals surface area (Å²) in [5.74, 6) is -3.05. The van der Waals surface area contributed by atoms with Crippen LogP contribution >= 0.6 is 0 Å². The summed E-state index contributed by atoms with van der Waals surface area (Å²) in [7, 11) is 0.